The first-order valence-electron chi connectivity index (χ1n) is 8.69. The lowest BCUT2D eigenvalue weighted by Gasteiger charge is -2.30. The van der Waals surface area contributed by atoms with E-state index < -0.39 is 10.2 Å². The molecule has 1 aliphatic rings. The summed E-state index contributed by atoms with van der Waals surface area (Å²) in [5, 5.41) is 1.16. The fourth-order valence-electron chi connectivity index (χ4n) is 3.54. The first-order valence-corrected chi connectivity index (χ1v) is 10.1. The standard InChI is InChI=1S/C18H27N3O2S/c1-13-14(2)20-18-10-9-15(11-17(13)18)12-19-24(22,23)21(3)16-7-5-4-6-8-16/h9-11,16,19-20H,4-8,12H2,1-3H3. The van der Waals surface area contributed by atoms with E-state index in [0.29, 0.717) is 6.54 Å². The lowest BCUT2D eigenvalue weighted by Crippen LogP contribution is -2.44. The molecule has 0 bridgehead atoms. The molecule has 1 aromatic carbocycles. The van der Waals surface area contributed by atoms with Crippen LogP contribution in [0.2, 0.25) is 0 Å². The van der Waals surface area contributed by atoms with E-state index in [2.05, 4.69) is 29.6 Å². The highest BCUT2D eigenvalue weighted by atomic mass is 32.2. The first kappa shape index (κ1) is 17.5. The Morgan fingerprint density at radius 1 is 1.21 bits per heavy atom. The summed E-state index contributed by atoms with van der Waals surface area (Å²) in [6.45, 7) is 4.45. The predicted octanol–water partition coefficient (Wildman–Crippen LogP) is 3.38. The van der Waals surface area contributed by atoms with Crippen molar-refractivity contribution in [3.8, 4) is 0 Å². The monoisotopic (exact) mass is 349 g/mol. The third-order valence-electron chi connectivity index (χ3n) is 5.30. The first-order chi connectivity index (χ1) is 11.4. The summed E-state index contributed by atoms with van der Waals surface area (Å²) in [6, 6.07) is 6.19. The van der Waals surface area contributed by atoms with Gasteiger partial charge >= 0.3 is 0 Å². The molecular formula is C18H27N3O2S. The second-order valence-corrected chi connectivity index (χ2v) is 8.70. The van der Waals surface area contributed by atoms with Gasteiger partial charge in [-0.15, -0.1) is 0 Å². The smallest absolute Gasteiger partial charge is 0.279 e. The van der Waals surface area contributed by atoms with Gasteiger partial charge in [0.25, 0.3) is 10.2 Å². The van der Waals surface area contributed by atoms with E-state index in [4.69, 9.17) is 0 Å². The molecule has 1 heterocycles. The Balaban J connectivity index is 1.70. The summed E-state index contributed by atoms with van der Waals surface area (Å²) in [5.74, 6) is 0. The Kier molecular flexibility index (Phi) is 4.99. The van der Waals surface area contributed by atoms with Crippen LogP contribution in [0.5, 0.6) is 0 Å². The highest BCUT2D eigenvalue weighted by Gasteiger charge is 2.27. The Bertz CT molecular complexity index is 820. The van der Waals surface area contributed by atoms with E-state index in [0.717, 1.165) is 47.8 Å². The van der Waals surface area contributed by atoms with Crippen molar-refractivity contribution in [1.29, 1.82) is 0 Å². The van der Waals surface area contributed by atoms with Gasteiger partial charge in [-0.05, 0) is 49.9 Å². The van der Waals surface area contributed by atoms with Crippen LogP contribution < -0.4 is 4.72 Å². The summed E-state index contributed by atoms with van der Waals surface area (Å²) < 4.78 is 29.4. The fourth-order valence-corrected chi connectivity index (χ4v) is 4.69. The van der Waals surface area contributed by atoms with Gasteiger partial charge in [-0.3, -0.25) is 0 Å². The van der Waals surface area contributed by atoms with E-state index in [1.54, 1.807) is 7.05 Å². The number of aromatic nitrogens is 1. The second kappa shape index (κ2) is 6.86. The number of fused-ring (bicyclic) bond motifs is 1. The summed E-state index contributed by atoms with van der Waals surface area (Å²) in [7, 11) is -1.75. The zero-order valence-electron chi connectivity index (χ0n) is 14.7. The zero-order chi connectivity index (χ0) is 17.3. The molecule has 0 amide bonds. The fraction of sp³-hybridized carbons (Fsp3) is 0.556. The topological polar surface area (TPSA) is 65.2 Å². The molecule has 1 fully saturated rings. The number of hydrogen-bond acceptors (Lipinski definition) is 2. The van der Waals surface area contributed by atoms with Gasteiger partial charge in [-0.2, -0.15) is 17.4 Å². The molecule has 1 aliphatic carbocycles. The lowest BCUT2D eigenvalue weighted by molar-refractivity contribution is 0.283. The van der Waals surface area contributed by atoms with Gasteiger partial charge in [0.15, 0.2) is 0 Å². The Morgan fingerprint density at radius 3 is 2.62 bits per heavy atom. The van der Waals surface area contributed by atoms with Gasteiger partial charge in [0.2, 0.25) is 0 Å². The molecule has 3 rings (SSSR count). The Hall–Kier alpha value is -1.37. The van der Waals surface area contributed by atoms with Crippen LogP contribution in [0.3, 0.4) is 0 Å². The summed E-state index contributed by atoms with van der Waals surface area (Å²) in [5.41, 5.74) is 4.44. The number of nitrogens with zero attached hydrogens (tertiary/aromatic N) is 1. The number of H-pyrrole nitrogens is 1. The van der Waals surface area contributed by atoms with E-state index in [-0.39, 0.29) is 6.04 Å². The van der Waals surface area contributed by atoms with Crippen LogP contribution in [0.15, 0.2) is 18.2 Å². The summed E-state index contributed by atoms with van der Waals surface area (Å²) in [4.78, 5) is 3.34. The third kappa shape index (κ3) is 3.50. The van der Waals surface area contributed by atoms with Gasteiger partial charge in [0, 0.05) is 36.2 Å². The lowest BCUT2D eigenvalue weighted by atomic mass is 9.96. The minimum Gasteiger partial charge on any atom is -0.358 e. The molecule has 0 unspecified atom stereocenters. The van der Waals surface area contributed by atoms with Gasteiger partial charge in [-0.25, -0.2) is 0 Å². The number of rotatable bonds is 5. The van der Waals surface area contributed by atoms with Gasteiger partial charge in [-0.1, -0.05) is 25.3 Å². The van der Waals surface area contributed by atoms with Crippen molar-refractivity contribution in [2.75, 3.05) is 7.05 Å². The number of nitrogens with one attached hydrogen (secondary N) is 2. The molecule has 6 heteroatoms. The van der Waals surface area contributed by atoms with Crippen molar-refractivity contribution in [2.24, 2.45) is 0 Å². The SMILES string of the molecule is Cc1[nH]c2ccc(CNS(=O)(=O)N(C)C3CCCCC3)cc2c1C. The minimum absolute atomic E-state index is 0.133. The van der Waals surface area contributed by atoms with Crippen molar-refractivity contribution < 1.29 is 8.42 Å². The Morgan fingerprint density at radius 2 is 1.92 bits per heavy atom. The van der Waals surface area contributed by atoms with Crippen molar-refractivity contribution in [3.05, 3.63) is 35.0 Å². The maximum Gasteiger partial charge on any atom is 0.279 e. The normalized spacial score (nSPS) is 17.0. The molecule has 0 saturated heterocycles. The van der Waals surface area contributed by atoms with Gasteiger partial charge in [0.05, 0.1) is 0 Å². The third-order valence-corrected chi connectivity index (χ3v) is 6.86. The van der Waals surface area contributed by atoms with Crippen LogP contribution in [0.4, 0.5) is 0 Å². The predicted molar refractivity (Wildman–Crippen MR) is 98.2 cm³/mol. The van der Waals surface area contributed by atoms with E-state index >= 15 is 0 Å². The molecule has 0 spiro atoms. The molecule has 1 aromatic heterocycles. The highest BCUT2D eigenvalue weighted by molar-refractivity contribution is 7.87. The summed E-state index contributed by atoms with van der Waals surface area (Å²) >= 11 is 0. The van der Waals surface area contributed by atoms with Crippen LogP contribution in [-0.2, 0) is 16.8 Å². The molecular weight excluding hydrogens is 322 g/mol. The van der Waals surface area contributed by atoms with Crippen LogP contribution in [0, 0.1) is 13.8 Å². The van der Waals surface area contributed by atoms with E-state index in [1.807, 2.05) is 12.1 Å². The maximum atomic E-state index is 12.5. The maximum absolute atomic E-state index is 12.5. The van der Waals surface area contributed by atoms with Crippen molar-refractivity contribution in [1.82, 2.24) is 14.0 Å². The number of hydrogen-bond donors (Lipinski definition) is 2. The molecule has 2 aromatic rings. The molecule has 2 N–H and O–H groups in total. The summed E-state index contributed by atoms with van der Waals surface area (Å²) in [6.07, 6.45) is 5.38. The quantitative estimate of drug-likeness (QED) is 0.869. The van der Waals surface area contributed by atoms with Crippen molar-refractivity contribution in [2.45, 2.75) is 58.5 Å². The van der Waals surface area contributed by atoms with Crippen LogP contribution >= 0.6 is 0 Å². The van der Waals surface area contributed by atoms with Crippen LogP contribution in [0.1, 0.15) is 48.9 Å². The Labute approximate surface area is 144 Å². The van der Waals surface area contributed by atoms with Crippen molar-refractivity contribution >= 4 is 21.1 Å². The average Bonchev–Trinajstić information content (AvgIpc) is 2.87. The van der Waals surface area contributed by atoms with E-state index in [9.17, 15) is 8.42 Å². The minimum atomic E-state index is -3.44. The molecule has 5 nitrogen and oxygen atoms in total. The van der Waals surface area contributed by atoms with E-state index in [1.165, 1.54) is 16.3 Å². The van der Waals surface area contributed by atoms with Gasteiger partial charge < -0.3 is 4.98 Å². The zero-order valence-corrected chi connectivity index (χ0v) is 15.5. The largest absolute Gasteiger partial charge is 0.358 e. The number of aromatic amines is 1. The average molecular weight is 350 g/mol. The molecule has 0 atom stereocenters. The molecule has 1 saturated carbocycles. The van der Waals surface area contributed by atoms with Crippen LogP contribution in [-0.4, -0.2) is 30.8 Å². The van der Waals surface area contributed by atoms with Crippen LogP contribution in [0.25, 0.3) is 10.9 Å². The molecule has 132 valence electrons. The number of benzene rings is 1. The van der Waals surface area contributed by atoms with Gasteiger partial charge in [0.1, 0.15) is 0 Å². The van der Waals surface area contributed by atoms with Crippen molar-refractivity contribution in [3.63, 3.8) is 0 Å². The number of aryl methyl sites for hydroxylation is 2. The molecule has 0 radical (unpaired) electrons. The molecule has 0 aliphatic heterocycles. The molecule has 24 heavy (non-hydrogen) atoms. The highest BCUT2D eigenvalue weighted by Crippen LogP contribution is 2.24. The second-order valence-electron chi connectivity index (χ2n) is 6.89.